The number of imidazole rings is 1. The second kappa shape index (κ2) is 13.8. The molecule has 7 nitrogen and oxygen atoms in total. The first kappa shape index (κ1) is 30.1. The summed E-state index contributed by atoms with van der Waals surface area (Å²) in [5.41, 5.74) is 5.83. The average molecular weight is 612 g/mol. The van der Waals surface area contributed by atoms with Crippen LogP contribution in [0.3, 0.4) is 0 Å². The first-order chi connectivity index (χ1) is 22.0. The van der Waals surface area contributed by atoms with Crippen molar-refractivity contribution in [3.8, 4) is 45.6 Å². The van der Waals surface area contributed by atoms with E-state index in [2.05, 4.69) is 33.3 Å². The van der Waals surface area contributed by atoms with Gasteiger partial charge in [-0.25, -0.2) is 4.98 Å². The number of phenolic OH excluding ortho intramolecular Hbond substituents is 1. The molecule has 0 amide bonds. The molecule has 0 fully saturated rings. The van der Waals surface area contributed by atoms with Gasteiger partial charge in [0.05, 0.1) is 11.4 Å². The molecule has 6 rings (SSSR count). The third kappa shape index (κ3) is 7.26. The number of aromatic nitrogens is 2. The molecule has 1 aliphatic heterocycles. The summed E-state index contributed by atoms with van der Waals surface area (Å²) in [7, 11) is 0. The molecule has 1 aliphatic rings. The summed E-state index contributed by atoms with van der Waals surface area (Å²) in [5.74, 6) is 2.64. The highest BCUT2D eigenvalue weighted by Gasteiger charge is 2.23. The van der Waals surface area contributed by atoms with E-state index in [9.17, 15) is 13.9 Å². The van der Waals surface area contributed by atoms with Gasteiger partial charge in [0.2, 0.25) is 6.79 Å². The predicted octanol–water partition coefficient (Wildman–Crippen LogP) is 8.26. The number of rotatable bonds is 13. The van der Waals surface area contributed by atoms with Crippen LogP contribution < -0.4 is 14.2 Å². The molecular weight excluding hydrogens is 576 g/mol. The Balaban J connectivity index is 1.42. The molecule has 1 N–H and O–H groups in total. The lowest BCUT2D eigenvalue weighted by Crippen LogP contribution is -2.24. The molecule has 1 aromatic heterocycles. The minimum absolute atomic E-state index is 0.121. The summed E-state index contributed by atoms with van der Waals surface area (Å²) in [4.78, 5) is 7.52. The first-order valence-electron chi connectivity index (χ1n) is 15.1. The summed E-state index contributed by atoms with van der Waals surface area (Å²) in [6.07, 6.45) is 2.00. The molecule has 0 atom stereocenters. The number of halogens is 2. The summed E-state index contributed by atoms with van der Waals surface area (Å²) < 4.78 is 43.7. The lowest BCUT2D eigenvalue weighted by atomic mass is 10.1. The summed E-state index contributed by atoms with van der Waals surface area (Å²) in [6, 6.07) is 30.0. The predicted molar refractivity (Wildman–Crippen MR) is 168 cm³/mol. The fraction of sp³-hybridized carbons (Fsp3) is 0.250. The summed E-state index contributed by atoms with van der Waals surface area (Å²) in [6.45, 7) is 1.96. The second-order valence-electron chi connectivity index (χ2n) is 11.0. The fourth-order valence-corrected chi connectivity index (χ4v) is 5.57. The van der Waals surface area contributed by atoms with Gasteiger partial charge in [-0.15, -0.1) is 0 Å². The number of hydrogen-bond acceptors (Lipinski definition) is 6. The smallest absolute Gasteiger partial charge is 0.387 e. The molecule has 0 saturated carbocycles. The molecule has 4 aromatic carbocycles. The quantitative estimate of drug-likeness (QED) is 0.145. The molecule has 0 unspecified atom stereocenters. The Morgan fingerprint density at radius 1 is 0.844 bits per heavy atom. The van der Waals surface area contributed by atoms with Gasteiger partial charge in [-0.1, -0.05) is 61.9 Å². The highest BCUT2D eigenvalue weighted by atomic mass is 19.3. The normalized spacial score (nSPS) is 12.3. The maximum Gasteiger partial charge on any atom is 0.387 e. The van der Waals surface area contributed by atoms with Crippen LogP contribution in [-0.4, -0.2) is 33.0 Å². The van der Waals surface area contributed by atoms with Gasteiger partial charge in [-0.2, -0.15) is 8.78 Å². The van der Waals surface area contributed by atoms with Gasteiger partial charge in [0.15, 0.2) is 11.5 Å². The highest BCUT2D eigenvalue weighted by Crippen LogP contribution is 2.35. The zero-order valence-corrected chi connectivity index (χ0v) is 25.0. The fourth-order valence-electron chi connectivity index (χ4n) is 5.57. The van der Waals surface area contributed by atoms with E-state index in [1.54, 1.807) is 24.3 Å². The van der Waals surface area contributed by atoms with E-state index in [1.807, 2.05) is 60.7 Å². The van der Waals surface area contributed by atoms with Crippen LogP contribution in [0.2, 0.25) is 0 Å². The van der Waals surface area contributed by atoms with Crippen molar-refractivity contribution in [1.82, 2.24) is 14.5 Å². The number of nitrogens with zero attached hydrogens (tertiary/aromatic N) is 3. The molecule has 0 spiro atoms. The van der Waals surface area contributed by atoms with Crippen LogP contribution in [0, 0.1) is 0 Å². The van der Waals surface area contributed by atoms with Crippen LogP contribution in [0.15, 0.2) is 97.1 Å². The van der Waals surface area contributed by atoms with E-state index in [1.165, 1.54) is 0 Å². The molecule has 9 heteroatoms. The Bertz CT molecular complexity index is 1710. The number of fused-ring (bicyclic) bond motifs is 1. The van der Waals surface area contributed by atoms with Gasteiger partial charge in [0.25, 0.3) is 0 Å². The number of aromatic hydroxyl groups is 1. The van der Waals surface area contributed by atoms with Gasteiger partial charge in [0, 0.05) is 37.3 Å². The van der Waals surface area contributed by atoms with Crippen molar-refractivity contribution >= 4 is 0 Å². The lowest BCUT2D eigenvalue weighted by molar-refractivity contribution is -0.0498. The van der Waals surface area contributed by atoms with E-state index in [0.717, 1.165) is 64.6 Å². The van der Waals surface area contributed by atoms with Gasteiger partial charge >= 0.3 is 6.61 Å². The number of phenols is 1. The van der Waals surface area contributed by atoms with E-state index in [4.69, 9.17) is 14.5 Å². The Morgan fingerprint density at radius 3 is 2.29 bits per heavy atom. The van der Waals surface area contributed by atoms with Crippen molar-refractivity contribution in [3.63, 3.8) is 0 Å². The highest BCUT2D eigenvalue weighted by molar-refractivity contribution is 5.69. The van der Waals surface area contributed by atoms with Crippen molar-refractivity contribution in [2.45, 2.75) is 52.6 Å². The molecule has 0 bridgehead atoms. The first-order valence-corrected chi connectivity index (χ1v) is 15.1. The van der Waals surface area contributed by atoms with Crippen molar-refractivity contribution in [2.75, 3.05) is 6.79 Å². The van der Waals surface area contributed by atoms with E-state index < -0.39 is 6.61 Å². The van der Waals surface area contributed by atoms with E-state index in [0.29, 0.717) is 25.4 Å². The zero-order chi connectivity index (χ0) is 31.2. The van der Waals surface area contributed by atoms with Gasteiger partial charge in [0.1, 0.15) is 17.3 Å². The molecule has 0 radical (unpaired) electrons. The molecule has 0 aliphatic carbocycles. The Kier molecular flexibility index (Phi) is 9.26. The minimum atomic E-state index is -2.88. The molecular formula is C36H35F2N3O4. The van der Waals surface area contributed by atoms with E-state index >= 15 is 0 Å². The maximum absolute atomic E-state index is 12.8. The topological polar surface area (TPSA) is 69.0 Å². The van der Waals surface area contributed by atoms with Crippen LogP contribution in [0.1, 0.15) is 36.6 Å². The summed E-state index contributed by atoms with van der Waals surface area (Å²) in [5, 5.41) is 10.0. The Labute approximate surface area is 261 Å². The number of ether oxygens (including phenoxy) is 3. The number of unbranched alkanes of at least 4 members (excludes halogenated alkanes) is 1. The number of benzene rings is 4. The minimum Gasteiger partial charge on any atom is -0.508 e. The number of alkyl halides is 2. The number of hydrogen-bond donors (Lipinski definition) is 1. The van der Waals surface area contributed by atoms with Crippen LogP contribution in [0.25, 0.3) is 22.6 Å². The molecule has 232 valence electrons. The Hall–Kier alpha value is -4.89. The van der Waals surface area contributed by atoms with Crippen molar-refractivity contribution in [3.05, 3.63) is 114 Å². The van der Waals surface area contributed by atoms with Crippen molar-refractivity contribution in [1.29, 1.82) is 0 Å². The van der Waals surface area contributed by atoms with Crippen LogP contribution in [-0.2, 0) is 26.2 Å². The molecule has 0 saturated heterocycles. The third-order valence-corrected chi connectivity index (χ3v) is 7.75. The maximum atomic E-state index is 12.8. The largest absolute Gasteiger partial charge is 0.508 e. The molecule has 45 heavy (non-hydrogen) atoms. The molecule has 2 heterocycles. The van der Waals surface area contributed by atoms with Crippen LogP contribution >= 0.6 is 0 Å². The monoisotopic (exact) mass is 611 g/mol. The van der Waals surface area contributed by atoms with Crippen LogP contribution in [0.5, 0.6) is 23.0 Å². The summed E-state index contributed by atoms with van der Waals surface area (Å²) >= 11 is 0. The van der Waals surface area contributed by atoms with Gasteiger partial charge in [-0.05, 0) is 66.1 Å². The lowest BCUT2D eigenvalue weighted by Gasteiger charge is -2.25. The standard InChI is InChI=1S/C36H35F2N3O4/c1-2-3-19-41-31(34(27-12-14-29(42)15-13-27)39-35(41)28-7-5-4-6-8-28)23-40(21-25-9-16-30(17-10-25)45-36(37)38)22-26-11-18-32-33(20-26)44-24-43-32/h4-18,20,36,42H,2-3,19,21-24H2,1H3. The third-order valence-electron chi connectivity index (χ3n) is 7.75. The average Bonchev–Trinajstić information content (AvgIpc) is 3.66. The molecule has 5 aromatic rings. The van der Waals surface area contributed by atoms with Gasteiger partial charge in [-0.3, -0.25) is 4.90 Å². The van der Waals surface area contributed by atoms with Crippen LogP contribution in [0.4, 0.5) is 8.78 Å². The van der Waals surface area contributed by atoms with Crippen molar-refractivity contribution in [2.24, 2.45) is 0 Å². The van der Waals surface area contributed by atoms with Gasteiger partial charge < -0.3 is 23.9 Å². The zero-order valence-electron chi connectivity index (χ0n) is 25.0. The SMILES string of the molecule is CCCCn1c(-c2ccccc2)nc(-c2ccc(O)cc2)c1CN(Cc1ccc(OC(F)F)cc1)Cc1ccc2c(c1)OCO2. The Morgan fingerprint density at radius 2 is 1.56 bits per heavy atom. The second-order valence-corrected chi connectivity index (χ2v) is 11.0. The van der Waals surface area contributed by atoms with E-state index in [-0.39, 0.29) is 18.3 Å². The van der Waals surface area contributed by atoms with Crippen molar-refractivity contribution < 1.29 is 28.1 Å².